The number of carbonyl (C=O) groups excluding carboxylic acids is 2. The van der Waals surface area contributed by atoms with E-state index in [9.17, 15) is 9.59 Å². The van der Waals surface area contributed by atoms with Gasteiger partial charge in [0.2, 0.25) is 11.8 Å². The normalized spacial score (nSPS) is 17.6. The maximum Gasteiger partial charge on any atom is 0.228 e. The quantitative estimate of drug-likeness (QED) is 0.872. The van der Waals surface area contributed by atoms with E-state index >= 15 is 0 Å². The lowest BCUT2D eigenvalue weighted by Gasteiger charge is -2.20. The minimum Gasteiger partial charge on any atom is -0.467 e. The van der Waals surface area contributed by atoms with Crippen molar-refractivity contribution in [3.8, 4) is 0 Å². The van der Waals surface area contributed by atoms with Crippen molar-refractivity contribution in [3.05, 3.63) is 54.0 Å². The molecule has 5 heteroatoms. The Bertz CT molecular complexity index is 692. The lowest BCUT2D eigenvalue weighted by molar-refractivity contribution is -0.135. The van der Waals surface area contributed by atoms with Crippen LogP contribution in [0.2, 0.25) is 0 Å². The van der Waals surface area contributed by atoms with Crippen molar-refractivity contribution in [3.63, 3.8) is 0 Å². The fourth-order valence-electron chi connectivity index (χ4n) is 2.87. The SMILES string of the molecule is Cc1ccc(N2C[C@H](C(=O)N(C)Cc3ccco3)CC2=O)cc1. The molecule has 0 radical (unpaired) electrons. The number of amides is 2. The van der Waals surface area contributed by atoms with E-state index in [0.717, 1.165) is 17.0 Å². The van der Waals surface area contributed by atoms with E-state index in [1.807, 2.05) is 37.3 Å². The summed E-state index contributed by atoms with van der Waals surface area (Å²) in [7, 11) is 1.74. The summed E-state index contributed by atoms with van der Waals surface area (Å²) in [5.41, 5.74) is 2.00. The Balaban J connectivity index is 1.66. The van der Waals surface area contributed by atoms with Crippen LogP contribution in [-0.4, -0.2) is 30.3 Å². The Morgan fingerprint density at radius 2 is 2.04 bits per heavy atom. The van der Waals surface area contributed by atoms with Gasteiger partial charge in [-0.25, -0.2) is 0 Å². The fraction of sp³-hybridized carbons (Fsp3) is 0.333. The minimum absolute atomic E-state index is 0.00129. The first kappa shape index (κ1) is 15.3. The largest absolute Gasteiger partial charge is 0.467 e. The van der Waals surface area contributed by atoms with Crippen LogP contribution in [0, 0.1) is 12.8 Å². The monoisotopic (exact) mass is 312 g/mol. The first-order chi connectivity index (χ1) is 11.0. The zero-order valence-electron chi connectivity index (χ0n) is 13.4. The summed E-state index contributed by atoms with van der Waals surface area (Å²) in [6, 6.07) is 11.4. The molecule has 0 N–H and O–H groups in total. The van der Waals surface area contributed by atoms with Crippen LogP contribution in [0.15, 0.2) is 47.1 Å². The van der Waals surface area contributed by atoms with Gasteiger partial charge in [-0.15, -0.1) is 0 Å². The van der Waals surface area contributed by atoms with Gasteiger partial charge in [-0.1, -0.05) is 17.7 Å². The first-order valence-electron chi connectivity index (χ1n) is 7.69. The summed E-state index contributed by atoms with van der Waals surface area (Å²) in [6.07, 6.45) is 1.85. The van der Waals surface area contributed by atoms with Crippen LogP contribution in [0.25, 0.3) is 0 Å². The van der Waals surface area contributed by atoms with E-state index in [1.54, 1.807) is 29.2 Å². The van der Waals surface area contributed by atoms with Crippen molar-refractivity contribution in [2.75, 3.05) is 18.5 Å². The molecule has 0 unspecified atom stereocenters. The summed E-state index contributed by atoms with van der Waals surface area (Å²) >= 11 is 0. The minimum atomic E-state index is -0.302. The Morgan fingerprint density at radius 3 is 2.70 bits per heavy atom. The molecule has 1 aliphatic heterocycles. The van der Waals surface area contributed by atoms with E-state index in [-0.39, 0.29) is 24.2 Å². The van der Waals surface area contributed by atoms with Crippen LogP contribution >= 0.6 is 0 Å². The number of anilines is 1. The molecule has 0 saturated carbocycles. The molecule has 2 heterocycles. The van der Waals surface area contributed by atoms with Gasteiger partial charge in [-0.3, -0.25) is 9.59 Å². The van der Waals surface area contributed by atoms with E-state index in [1.165, 1.54) is 0 Å². The topological polar surface area (TPSA) is 53.8 Å². The molecule has 0 spiro atoms. The first-order valence-corrected chi connectivity index (χ1v) is 7.69. The lowest BCUT2D eigenvalue weighted by Crippen LogP contribution is -2.34. The molecule has 2 amide bonds. The Labute approximate surface area is 135 Å². The van der Waals surface area contributed by atoms with Crippen molar-refractivity contribution in [1.82, 2.24) is 4.90 Å². The molecule has 120 valence electrons. The van der Waals surface area contributed by atoms with Gasteiger partial charge in [0.05, 0.1) is 18.7 Å². The third-order valence-electron chi connectivity index (χ3n) is 4.17. The van der Waals surface area contributed by atoms with Crippen molar-refractivity contribution < 1.29 is 14.0 Å². The molecule has 1 fully saturated rings. The van der Waals surface area contributed by atoms with Gasteiger partial charge in [0.15, 0.2) is 0 Å². The third kappa shape index (κ3) is 3.28. The van der Waals surface area contributed by atoms with Crippen LogP contribution in [0.4, 0.5) is 5.69 Å². The van der Waals surface area contributed by atoms with Gasteiger partial charge >= 0.3 is 0 Å². The molecule has 0 aliphatic carbocycles. The summed E-state index contributed by atoms with van der Waals surface area (Å²) in [4.78, 5) is 28.1. The molecular weight excluding hydrogens is 292 g/mol. The zero-order chi connectivity index (χ0) is 16.4. The maximum atomic E-state index is 12.6. The molecule has 23 heavy (non-hydrogen) atoms. The van der Waals surface area contributed by atoms with Crippen molar-refractivity contribution in [2.45, 2.75) is 19.9 Å². The summed E-state index contributed by atoms with van der Waals surface area (Å²) < 4.78 is 5.27. The highest BCUT2D eigenvalue weighted by Crippen LogP contribution is 2.26. The van der Waals surface area contributed by atoms with Gasteiger partial charge < -0.3 is 14.2 Å². The molecular formula is C18H20N2O3. The summed E-state index contributed by atoms with van der Waals surface area (Å²) in [5.74, 6) is 0.410. The number of rotatable bonds is 4. The van der Waals surface area contributed by atoms with E-state index in [4.69, 9.17) is 4.42 Å². The lowest BCUT2D eigenvalue weighted by atomic mass is 10.1. The van der Waals surface area contributed by atoms with Crippen molar-refractivity contribution in [1.29, 1.82) is 0 Å². The molecule has 5 nitrogen and oxygen atoms in total. The molecule has 1 aliphatic rings. The number of nitrogens with zero attached hydrogens (tertiary/aromatic N) is 2. The van der Waals surface area contributed by atoms with Crippen LogP contribution < -0.4 is 4.90 Å². The Morgan fingerprint density at radius 1 is 1.30 bits per heavy atom. The van der Waals surface area contributed by atoms with Gasteiger partial charge in [-0.2, -0.15) is 0 Å². The molecule has 1 saturated heterocycles. The van der Waals surface area contributed by atoms with Gasteiger partial charge in [0.25, 0.3) is 0 Å². The predicted molar refractivity (Wildman–Crippen MR) is 86.8 cm³/mol. The van der Waals surface area contributed by atoms with Crippen LogP contribution in [-0.2, 0) is 16.1 Å². The molecule has 2 aromatic rings. The number of benzene rings is 1. The Kier molecular flexibility index (Phi) is 4.19. The molecule has 3 rings (SSSR count). The zero-order valence-corrected chi connectivity index (χ0v) is 13.4. The number of furan rings is 1. The molecule has 0 bridgehead atoms. The van der Waals surface area contributed by atoms with Crippen LogP contribution in [0.5, 0.6) is 0 Å². The highest BCUT2D eigenvalue weighted by Gasteiger charge is 2.36. The van der Waals surface area contributed by atoms with Gasteiger partial charge in [0.1, 0.15) is 5.76 Å². The van der Waals surface area contributed by atoms with E-state index in [2.05, 4.69) is 0 Å². The Hall–Kier alpha value is -2.56. The standard InChI is InChI=1S/C18H20N2O3/c1-13-5-7-15(8-6-13)20-11-14(10-17(20)21)18(22)19(2)12-16-4-3-9-23-16/h3-9,14H,10-12H2,1-2H3/t14-/m1/s1. The van der Waals surface area contributed by atoms with Crippen LogP contribution in [0.1, 0.15) is 17.7 Å². The van der Waals surface area contributed by atoms with Gasteiger partial charge in [0, 0.05) is 25.7 Å². The van der Waals surface area contributed by atoms with Crippen LogP contribution in [0.3, 0.4) is 0 Å². The highest BCUT2D eigenvalue weighted by molar-refractivity contribution is 6.00. The number of hydrogen-bond donors (Lipinski definition) is 0. The molecule has 1 aromatic heterocycles. The molecule has 1 atom stereocenters. The third-order valence-corrected chi connectivity index (χ3v) is 4.17. The second-order valence-corrected chi connectivity index (χ2v) is 6.01. The smallest absolute Gasteiger partial charge is 0.228 e. The summed E-state index contributed by atoms with van der Waals surface area (Å²) in [6.45, 7) is 2.86. The molecule has 1 aromatic carbocycles. The second-order valence-electron chi connectivity index (χ2n) is 6.01. The van der Waals surface area contributed by atoms with E-state index < -0.39 is 0 Å². The van der Waals surface area contributed by atoms with E-state index in [0.29, 0.717) is 13.1 Å². The van der Waals surface area contributed by atoms with Crippen molar-refractivity contribution in [2.24, 2.45) is 5.92 Å². The number of carbonyl (C=O) groups is 2. The number of hydrogen-bond acceptors (Lipinski definition) is 3. The van der Waals surface area contributed by atoms with Gasteiger partial charge in [-0.05, 0) is 31.2 Å². The average molecular weight is 312 g/mol. The average Bonchev–Trinajstić information content (AvgIpc) is 3.17. The fourth-order valence-corrected chi connectivity index (χ4v) is 2.87. The summed E-state index contributed by atoms with van der Waals surface area (Å²) in [5, 5.41) is 0. The second kappa shape index (κ2) is 6.28. The maximum absolute atomic E-state index is 12.6. The van der Waals surface area contributed by atoms with Crippen molar-refractivity contribution >= 4 is 17.5 Å². The number of aryl methyl sites for hydroxylation is 1. The predicted octanol–water partition coefficient (Wildman–Crippen LogP) is 2.60. The highest BCUT2D eigenvalue weighted by atomic mass is 16.3.